The molecule has 1 saturated carbocycles. The van der Waals surface area contributed by atoms with Gasteiger partial charge in [0.25, 0.3) is 15.9 Å². The molecular formula is C54H66ClN7O11S3. The van der Waals surface area contributed by atoms with E-state index >= 15 is 0 Å². The molecule has 0 saturated heterocycles. The molecule has 5 aromatic rings. The summed E-state index contributed by atoms with van der Waals surface area (Å²) in [6, 6.07) is 19.8. The second kappa shape index (κ2) is 22.6. The number of oxazole rings is 1. The number of hydrogen-bond acceptors (Lipinski definition) is 13. The lowest BCUT2D eigenvalue weighted by molar-refractivity contribution is -0.142. The maximum absolute atomic E-state index is 14.5. The van der Waals surface area contributed by atoms with E-state index in [1.807, 2.05) is 25.1 Å². The summed E-state index contributed by atoms with van der Waals surface area (Å²) in [5.41, 5.74) is 2.04. The predicted octanol–water partition coefficient (Wildman–Crippen LogP) is 11.4. The van der Waals surface area contributed by atoms with Gasteiger partial charge in [0.2, 0.25) is 32.0 Å². The van der Waals surface area contributed by atoms with Gasteiger partial charge in [-0.1, -0.05) is 92.0 Å². The number of aryl methyl sites for hydroxylation is 1. The number of halogens is 1. The largest absolute Gasteiger partial charge is 0.435 e. The number of sulfonamides is 3. The van der Waals surface area contributed by atoms with E-state index in [2.05, 4.69) is 60.2 Å². The number of carbonyl (C=O) groups is 3. The highest BCUT2D eigenvalue weighted by Crippen LogP contribution is 2.39. The van der Waals surface area contributed by atoms with Crippen LogP contribution in [-0.4, -0.2) is 71.7 Å². The number of Topliss-reactive ketones (excluding diaryl/α,β-unsaturated/α-hetero) is 1. The number of nitriles is 1. The van der Waals surface area contributed by atoms with Crippen molar-refractivity contribution in [3.63, 3.8) is 0 Å². The summed E-state index contributed by atoms with van der Waals surface area (Å²) in [4.78, 5) is 48.5. The average Bonchev–Trinajstić information content (AvgIpc) is 4.01. The van der Waals surface area contributed by atoms with Crippen LogP contribution in [0.2, 0.25) is 5.02 Å². The first kappa shape index (κ1) is 58.8. The molecule has 4 aromatic carbocycles. The SMILES string of the molecule is CCS(=O)(=O)Nc1ccc(S(=O)(=O)Nc2ccc(Cl)c(NC(=O)C(OC(=O)N(c3ccc(C=C(C#N)c4nc5cc(C(C)(C)CC(C)(C)C)ccc5o4)c(C)c3)C3CCCC3)C(=O)C(C)(C)C)c2)c(NS(=O)(=O)CC)c1. The van der Waals surface area contributed by atoms with E-state index in [9.17, 15) is 44.9 Å². The lowest BCUT2D eigenvalue weighted by Crippen LogP contribution is -2.48. The second-order valence-corrected chi connectivity index (χ2v) is 27.8. The molecule has 6 rings (SSSR count). The third-order valence-corrected chi connectivity index (χ3v) is 17.1. The zero-order chi connectivity index (χ0) is 56.3. The first-order valence-electron chi connectivity index (χ1n) is 24.7. The van der Waals surface area contributed by atoms with Crippen molar-refractivity contribution >= 4 is 111 Å². The van der Waals surface area contributed by atoms with Crippen LogP contribution in [0.3, 0.4) is 0 Å². The number of nitrogens with one attached hydrogen (secondary N) is 4. The van der Waals surface area contributed by atoms with Gasteiger partial charge in [0.15, 0.2) is 11.4 Å². The molecule has 76 heavy (non-hydrogen) atoms. The topological polar surface area (TPSA) is 264 Å². The summed E-state index contributed by atoms with van der Waals surface area (Å²) in [5, 5.41) is 12.8. The molecule has 4 N–H and O–H groups in total. The number of anilines is 5. The van der Waals surface area contributed by atoms with E-state index in [1.54, 1.807) is 45.0 Å². The standard InChI is InChI=1S/C54H66ClN7O11S3/c1-12-74(66,67)59-37-21-25-46(44(30-37)61-75(68,69)13-2)76(70,71)60-38-20-23-41(55)42(29-38)57-49(64)47(48(63)53(7,8)9)73-51(65)62(39-16-14-15-17-39)40-22-18-34(33(3)26-40)27-35(31-56)50-58-43-28-36(19-24-45(43)72-50)54(10,11)32-52(4,5)6/h18-30,39,47,59-61H,12-17,32H2,1-11H3,(H,57,64). The maximum atomic E-state index is 14.5. The molecule has 1 aliphatic rings. The van der Waals surface area contributed by atoms with Crippen molar-refractivity contribution in [2.24, 2.45) is 10.8 Å². The number of hydrogen-bond donors (Lipinski definition) is 4. The highest BCUT2D eigenvalue weighted by Gasteiger charge is 2.41. The lowest BCUT2D eigenvalue weighted by Gasteiger charge is -2.32. The molecule has 0 spiro atoms. The van der Waals surface area contributed by atoms with Crippen LogP contribution in [0.1, 0.15) is 124 Å². The Kier molecular flexibility index (Phi) is 17.5. The average molecular weight is 1120 g/mol. The van der Waals surface area contributed by atoms with Crippen molar-refractivity contribution in [1.82, 2.24) is 4.98 Å². The first-order valence-corrected chi connectivity index (χ1v) is 29.9. The third kappa shape index (κ3) is 14.5. The monoisotopic (exact) mass is 1120 g/mol. The number of ketones is 1. The van der Waals surface area contributed by atoms with Crippen molar-refractivity contribution in [3.05, 3.63) is 100 Å². The molecule has 1 fully saturated rings. The molecule has 18 nitrogen and oxygen atoms in total. The Morgan fingerprint density at radius 2 is 1.45 bits per heavy atom. The molecule has 2 amide bonds. The van der Waals surface area contributed by atoms with Gasteiger partial charge in [-0.2, -0.15) is 5.26 Å². The molecule has 0 aliphatic heterocycles. The molecule has 22 heteroatoms. The number of nitrogens with zero attached hydrogens (tertiary/aromatic N) is 3. The second-order valence-electron chi connectivity index (χ2n) is 21.7. The van der Waals surface area contributed by atoms with Gasteiger partial charge in [0, 0.05) is 17.1 Å². The van der Waals surface area contributed by atoms with Gasteiger partial charge in [0.1, 0.15) is 22.1 Å². The Balaban J connectivity index is 1.27. The fourth-order valence-electron chi connectivity index (χ4n) is 9.06. The molecular weight excluding hydrogens is 1050 g/mol. The van der Waals surface area contributed by atoms with Gasteiger partial charge in [-0.05, 0) is 134 Å². The van der Waals surface area contributed by atoms with Crippen molar-refractivity contribution in [1.29, 1.82) is 5.26 Å². The van der Waals surface area contributed by atoms with E-state index in [-0.39, 0.29) is 56.2 Å². The molecule has 0 radical (unpaired) electrons. The molecule has 1 atom stereocenters. The summed E-state index contributed by atoms with van der Waals surface area (Å²) in [6.45, 7) is 20.2. The Labute approximate surface area is 451 Å². The number of amides is 2. The number of carbonyl (C=O) groups excluding carboxylic acids is 3. The third-order valence-electron chi connectivity index (χ3n) is 12.7. The number of aromatic nitrogens is 1. The zero-order valence-electron chi connectivity index (χ0n) is 44.5. The Bertz CT molecular complexity index is 3480. The fraction of sp³-hybridized carbons (Fsp3) is 0.426. The minimum absolute atomic E-state index is 0.0915. The molecule has 1 aromatic heterocycles. The van der Waals surface area contributed by atoms with Crippen LogP contribution in [0.25, 0.3) is 22.7 Å². The fourth-order valence-corrected chi connectivity index (χ4v) is 11.8. The normalized spacial score (nSPS) is 14.4. The van der Waals surface area contributed by atoms with Crippen molar-refractivity contribution in [3.8, 4) is 6.07 Å². The molecule has 0 bridgehead atoms. The van der Waals surface area contributed by atoms with Crippen molar-refractivity contribution in [2.75, 3.05) is 35.9 Å². The van der Waals surface area contributed by atoms with E-state index < -0.39 is 75.7 Å². The highest BCUT2D eigenvalue weighted by molar-refractivity contribution is 7.94. The van der Waals surface area contributed by atoms with E-state index in [1.165, 1.54) is 30.9 Å². The van der Waals surface area contributed by atoms with Gasteiger partial charge in [0.05, 0.1) is 39.3 Å². The van der Waals surface area contributed by atoms with Crippen LogP contribution in [0.15, 0.2) is 82.1 Å². The van der Waals surface area contributed by atoms with Crippen LogP contribution in [-0.2, 0) is 49.8 Å². The van der Waals surface area contributed by atoms with E-state index in [4.69, 9.17) is 25.7 Å². The number of benzene rings is 4. The van der Waals surface area contributed by atoms with Crippen molar-refractivity contribution in [2.45, 2.75) is 131 Å². The number of allylic oxidation sites excluding steroid dienone is 1. The quantitative estimate of drug-likeness (QED) is 0.0443. The molecule has 1 aliphatic carbocycles. The summed E-state index contributed by atoms with van der Waals surface area (Å²) < 4.78 is 96.4. The lowest BCUT2D eigenvalue weighted by atomic mass is 9.72. The Hall–Kier alpha value is -6.47. The Morgan fingerprint density at radius 1 is 0.829 bits per heavy atom. The van der Waals surface area contributed by atoms with Crippen LogP contribution in [0.4, 0.5) is 33.2 Å². The van der Waals surface area contributed by atoms with Gasteiger partial charge < -0.3 is 14.5 Å². The number of ether oxygens (including phenoxy) is 1. The maximum Gasteiger partial charge on any atom is 0.415 e. The van der Waals surface area contributed by atoms with Crippen LogP contribution >= 0.6 is 11.6 Å². The van der Waals surface area contributed by atoms with Crippen LogP contribution in [0.5, 0.6) is 0 Å². The summed E-state index contributed by atoms with van der Waals surface area (Å²) in [7, 11) is -12.6. The number of rotatable bonds is 19. The first-order chi connectivity index (χ1) is 35.2. The minimum Gasteiger partial charge on any atom is -0.435 e. The zero-order valence-corrected chi connectivity index (χ0v) is 47.8. The number of fused-ring (bicyclic) bond motifs is 1. The van der Waals surface area contributed by atoms with E-state index in [0.717, 1.165) is 49.1 Å². The van der Waals surface area contributed by atoms with E-state index in [0.29, 0.717) is 40.8 Å². The molecule has 1 heterocycles. The minimum atomic E-state index is -4.66. The molecule has 408 valence electrons. The van der Waals surface area contributed by atoms with Gasteiger partial charge in [-0.3, -0.25) is 28.7 Å². The van der Waals surface area contributed by atoms with Crippen LogP contribution < -0.4 is 24.4 Å². The van der Waals surface area contributed by atoms with Gasteiger partial charge in [-0.25, -0.2) is 35.0 Å². The highest BCUT2D eigenvalue weighted by atomic mass is 35.5. The molecule has 1 unspecified atom stereocenters. The summed E-state index contributed by atoms with van der Waals surface area (Å²) >= 11 is 6.52. The Morgan fingerprint density at radius 3 is 2.05 bits per heavy atom. The van der Waals surface area contributed by atoms with Gasteiger partial charge in [-0.15, -0.1) is 0 Å². The predicted molar refractivity (Wildman–Crippen MR) is 299 cm³/mol. The summed E-state index contributed by atoms with van der Waals surface area (Å²) in [5.74, 6) is -2.44. The van der Waals surface area contributed by atoms with Gasteiger partial charge >= 0.3 is 6.09 Å². The van der Waals surface area contributed by atoms with Crippen molar-refractivity contribution < 1.29 is 48.8 Å². The van der Waals surface area contributed by atoms with Crippen LogP contribution in [0, 0.1) is 29.1 Å². The summed E-state index contributed by atoms with van der Waals surface area (Å²) in [6.07, 6.45) is 2.44. The smallest absolute Gasteiger partial charge is 0.415 e.